The van der Waals surface area contributed by atoms with E-state index >= 15 is 0 Å². The van der Waals surface area contributed by atoms with E-state index in [2.05, 4.69) is 16.0 Å². The van der Waals surface area contributed by atoms with Crippen molar-refractivity contribution in [3.8, 4) is 17.6 Å². The number of hydrogen-bond donors (Lipinski definition) is 2. The molecule has 0 aliphatic heterocycles. The molecule has 29 heavy (non-hydrogen) atoms. The van der Waals surface area contributed by atoms with Crippen LogP contribution in [-0.4, -0.2) is 54.3 Å². The topological polar surface area (TPSA) is 94.4 Å². The number of rotatable bonds is 8. The predicted molar refractivity (Wildman–Crippen MR) is 112 cm³/mol. The lowest BCUT2D eigenvalue weighted by Crippen LogP contribution is -2.24. The number of ether oxygens (including phenoxy) is 2. The van der Waals surface area contributed by atoms with Crippen LogP contribution in [0.5, 0.6) is 11.5 Å². The number of nitriles is 1. The van der Waals surface area contributed by atoms with E-state index in [1.165, 1.54) is 0 Å². The highest BCUT2D eigenvalue weighted by Gasteiger charge is 2.15. The van der Waals surface area contributed by atoms with Crippen LogP contribution in [-0.2, 0) is 6.42 Å². The molecule has 1 heterocycles. The fourth-order valence-electron chi connectivity index (χ4n) is 3.10. The Bertz CT molecular complexity index is 1030. The molecular weight excluding hydrogens is 368 g/mol. The lowest BCUT2D eigenvalue weighted by molar-refractivity contribution is 0.293. The Morgan fingerprint density at radius 3 is 2.62 bits per heavy atom. The molecular formula is C22H24N4O3. The molecule has 0 atom stereocenters. The van der Waals surface area contributed by atoms with Crippen LogP contribution in [0, 0.1) is 11.3 Å². The van der Waals surface area contributed by atoms with Crippen LogP contribution >= 0.6 is 0 Å². The minimum absolute atomic E-state index is 0.0126. The van der Waals surface area contributed by atoms with E-state index in [4.69, 9.17) is 9.47 Å². The smallest absolute Gasteiger partial charge is 0.160 e. The molecule has 0 radical (unpaired) electrons. The van der Waals surface area contributed by atoms with Gasteiger partial charge < -0.3 is 19.6 Å². The minimum Gasteiger partial charge on any atom is -0.509 e. The van der Waals surface area contributed by atoms with E-state index in [9.17, 15) is 10.4 Å². The molecule has 0 aliphatic rings. The van der Waals surface area contributed by atoms with E-state index in [-0.39, 0.29) is 17.9 Å². The average Bonchev–Trinajstić information content (AvgIpc) is 3.16. The van der Waals surface area contributed by atoms with Crippen molar-refractivity contribution in [1.29, 1.82) is 5.26 Å². The van der Waals surface area contributed by atoms with Crippen molar-refractivity contribution in [2.75, 3.05) is 34.4 Å². The standard InChI is InChI=1S/C22H24N4O3/c1-26(11-10-15-8-9-20(28-2)21(12-15)29-3)14-19(27)16(13-23)22-24-17-6-4-5-7-18(17)25-22/h4-9,12,27H,10-11,14H2,1-3H3,(H,24,25)/b19-16-. The molecule has 3 rings (SSSR count). The van der Waals surface area contributed by atoms with Crippen LogP contribution in [0.2, 0.25) is 0 Å². The van der Waals surface area contributed by atoms with Gasteiger partial charge >= 0.3 is 0 Å². The number of H-pyrrole nitrogens is 1. The van der Waals surface area contributed by atoms with Crippen LogP contribution in [0.4, 0.5) is 0 Å². The monoisotopic (exact) mass is 392 g/mol. The van der Waals surface area contributed by atoms with Crippen molar-refractivity contribution >= 4 is 16.6 Å². The summed E-state index contributed by atoms with van der Waals surface area (Å²) in [7, 11) is 5.11. The molecule has 0 spiro atoms. The summed E-state index contributed by atoms with van der Waals surface area (Å²) in [6.07, 6.45) is 0.761. The molecule has 0 amide bonds. The zero-order chi connectivity index (χ0) is 20.8. The molecule has 0 fully saturated rings. The fourth-order valence-corrected chi connectivity index (χ4v) is 3.10. The summed E-state index contributed by atoms with van der Waals surface area (Å²) >= 11 is 0. The van der Waals surface area contributed by atoms with Crippen molar-refractivity contribution in [3.63, 3.8) is 0 Å². The Morgan fingerprint density at radius 2 is 1.93 bits per heavy atom. The van der Waals surface area contributed by atoms with Crippen molar-refractivity contribution in [3.05, 3.63) is 59.6 Å². The highest BCUT2D eigenvalue weighted by Crippen LogP contribution is 2.27. The van der Waals surface area contributed by atoms with Gasteiger partial charge in [-0.05, 0) is 43.3 Å². The van der Waals surface area contributed by atoms with Gasteiger partial charge in [0.15, 0.2) is 17.3 Å². The molecule has 150 valence electrons. The van der Waals surface area contributed by atoms with Crippen LogP contribution < -0.4 is 9.47 Å². The summed E-state index contributed by atoms with van der Waals surface area (Å²) in [5.74, 6) is 1.74. The quantitative estimate of drug-likeness (QED) is 0.450. The summed E-state index contributed by atoms with van der Waals surface area (Å²) in [5.41, 5.74) is 2.82. The molecule has 1 aromatic heterocycles. The summed E-state index contributed by atoms with van der Waals surface area (Å²) in [6, 6.07) is 15.4. The number of fused-ring (bicyclic) bond motifs is 1. The molecule has 7 nitrogen and oxygen atoms in total. The van der Waals surface area contributed by atoms with Crippen molar-refractivity contribution < 1.29 is 14.6 Å². The highest BCUT2D eigenvalue weighted by atomic mass is 16.5. The number of aromatic amines is 1. The van der Waals surface area contributed by atoms with Gasteiger partial charge in [0.2, 0.25) is 0 Å². The lowest BCUT2D eigenvalue weighted by atomic mass is 10.1. The van der Waals surface area contributed by atoms with E-state index in [0.29, 0.717) is 23.9 Å². The molecule has 0 bridgehead atoms. The maximum Gasteiger partial charge on any atom is 0.160 e. The van der Waals surface area contributed by atoms with Gasteiger partial charge in [-0.2, -0.15) is 5.26 Å². The van der Waals surface area contributed by atoms with Gasteiger partial charge in [0.25, 0.3) is 0 Å². The Kier molecular flexibility index (Phi) is 6.37. The number of hydrogen-bond acceptors (Lipinski definition) is 6. The van der Waals surface area contributed by atoms with Gasteiger partial charge in [0, 0.05) is 6.54 Å². The molecule has 2 N–H and O–H groups in total. The second-order valence-electron chi connectivity index (χ2n) is 6.71. The number of aliphatic hydroxyl groups is 1. The second-order valence-corrected chi connectivity index (χ2v) is 6.71. The van der Waals surface area contributed by atoms with E-state index in [0.717, 1.165) is 23.0 Å². The van der Waals surface area contributed by atoms with Crippen molar-refractivity contribution in [2.24, 2.45) is 0 Å². The van der Waals surface area contributed by atoms with Gasteiger partial charge in [-0.3, -0.25) is 4.90 Å². The number of methoxy groups -OCH3 is 2. The number of para-hydroxylation sites is 2. The molecule has 0 saturated carbocycles. The lowest BCUT2D eigenvalue weighted by Gasteiger charge is -2.17. The summed E-state index contributed by atoms with van der Waals surface area (Å²) in [6.45, 7) is 0.936. The number of aliphatic hydroxyl groups excluding tert-OH is 1. The first-order valence-corrected chi connectivity index (χ1v) is 9.22. The number of nitrogens with one attached hydrogen (secondary N) is 1. The normalized spacial score (nSPS) is 12.0. The van der Waals surface area contributed by atoms with Gasteiger partial charge in [0.1, 0.15) is 17.4 Å². The largest absolute Gasteiger partial charge is 0.509 e. The van der Waals surface area contributed by atoms with Crippen molar-refractivity contribution in [1.82, 2.24) is 14.9 Å². The molecule has 0 unspecified atom stereocenters. The first kappa shape index (κ1) is 20.2. The fraction of sp³-hybridized carbons (Fsp3) is 0.273. The number of benzene rings is 2. The number of nitrogens with zero attached hydrogens (tertiary/aromatic N) is 3. The Morgan fingerprint density at radius 1 is 1.17 bits per heavy atom. The molecule has 2 aromatic carbocycles. The maximum absolute atomic E-state index is 10.5. The third-order valence-electron chi connectivity index (χ3n) is 4.68. The average molecular weight is 392 g/mol. The van der Waals surface area contributed by atoms with Crippen LogP contribution in [0.15, 0.2) is 48.2 Å². The van der Waals surface area contributed by atoms with Gasteiger partial charge in [-0.1, -0.05) is 18.2 Å². The van der Waals surface area contributed by atoms with Crippen molar-refractivity contribution in [2.45, 2.75) is 6.42 Å². The Hall–Kier alpha value is -3.50. The van der Waals surface area contributed by atoms with Gasteiger partial charge in [-0.25, -0.2) is 4.98 Å². The highest BCUT2D eigenvalue weighted by molar-refractivity contribution is 5.82. The Labute approximate surface area is 169 Å². The molecule has 0 aliphatic carbocycles. The summed E-state index contributed by atoms with van der Waals surface area (Å²) in [5, 5.41) is 20.1. The zero-order valence-corrected chi connectivity index (χ0v) is 16.8. The SMILES string of the molecule is COc1ccc(CCN(C)C/C(O)=C(\C#N)c2nc3ccccc3[nH]2)cc1OC. The number of imidazole rings is 1. The first-order valence-electron chi connectivity index (χ1n) is 9.22. The van der Waals surface area contributed by atoms with E-state index in [1.807, 2.05) is 54.4 Å². The van der Waals surface area contributed by atoms with Gasteiger partial charge in [-0.15, -0.1) is 0 Å². The van der Waals surface area contributed by atoms with Crippen LogP contribution in [0.25, 0.3) is 16.6 Å². The number of aromatic nitrogens is 2. The zero-order valence-electron chi connectivity index (χ0n) is 16.8. The second kappa shape index (κ2) is 9.13. The summed E-state index contributed by atoms with van der Waals surface area (Å²) < 4.78 is 10.6. The van der Waals surface area contributed by atoms with Crippen LogP contribution in [0.3, 0.4) is 0 Å². The third kappa shape index (κ3) is 4.68. The van der Waals surface area contributed by atoms with E-state index < -0.39 is 0 Å². The first-order chi connectivity index (χ1) is 14.0. The number of likely N-dealkylation sites (N-methyl/N-ethyl adjacent to an activating group) is 1. The number of allylic oxidation sites excluding steroid dienone is 1. The molecule has 0 saturated heterocycles. The third-order valence-corrected chi connectivity index (χ3v) is 4.68. The maximum atomic E-state index is 10.5. The minimum atomic E-state index is -0.0126. The van der Waals surface area contributed by atoms with E-state index in [1.54, 1.807) is 14.2 Å². The Balaban J connectivity index is 1.68. The van der Waals surface area contributed by atoms with Gasteiger partial charge in [0.05, 0.1) is 31.8 Å². The molecule has 7 heteroatoms. The summed E-state index contributed by atoms with van der Waals surface area (Å²) in [4.78, 5) is 9.44. The predicted octanol–water partition coefficient (Wildman–Crippen LogP) is 3.55. The molecule has 3 aromatic rings. The van der Waals surface area contributed by atoms with Crippen LogP contribution in [0.1, 0.15) is 11.4 Å².